The molecule has 0 saturated heterocycles. The van der Waals surface area contributed by atoms with Crippen LogP contribution in [0, 0.1) is 0 Å². The predicted molar refractivity (Wildman–Crippen MR) is 132 cm³/mol. The van der Waals surface area contributed by atoms with Gasteiger partial charge in [-0.2, -0.15) is 0 Å². The van der Waals surface area contributed by atoms with E-state index in [0.717, 1.165) is 21.5 Å². The fourth-order valence-corrected chi connectivity index (χ4v) is 4.73. The van der Waals surface area contributed by atoms with Gasteiger partial charge in [0.2, 0.25) is 0 Å². The highest BCUT2D eigenvalue weighted by Gasteiger charge is 2.19. The van der Waals surface area contributed by atoms with E-state index in [1.165, 1.54) is 6.07 Å². The van der Waals surface area contributed by atoms with E-state index >= 15 is 0 Å². The van der Waals surface area contributed by atoms with Crippen LogP contribution in [0.5, 0.6) is 5.75 Å². The van der Waals surface area contributed by atoms with Crippen molar-refractivity contribution < 1.29 is 19.4 Å². The molecule has 2 heterocycles. The molecule has 180 valence electrons. The summed E-state index contributed by atoms with van der Waals surface area (Å²) in [5, 5.41) is 12.0. The van der Waals surface area contributed by atoms with Crippen molar-refractivity contribution in [3.8, 4) is 5.75 Å². The molecule has 1 unspecified atom stereocenters. The van der Waals surface area contributed by atoms with E-state index in [1.807, 2.05) is 24.3 Å². The van der Waals surface area contributed by atoms with Crippen molar-refractivity contribution in [3.05, 3.63) is 97.0 Å². The van der Waals surface area contributed by atoms with Crippen LogP contribution in [0.15, 0.2) is 64.2 Å². The number of benzene rings is 2. The normalized spacial score (nSPS) is 11.8. The predicted octanol–water partition coefficient (Wildman–Crippen LogP) is 2.93. The Morgan fingerprint density at radius 2 is 1.86 bits per heavy atom. The van der Waals surface area contributed by atoms with Gasteiger partial charge in [-0.3, -0.25) is 23.9 Å². The quantitative estimate of drug-likeness (QED) is 0.346. The molecule has 2 aromatic carbocycles. The molecule has 0 saturated carbocycles. The number of H-pyrrole nitrogens is 1. The van der Waals surface area contributed by atoms with Crippen molar-refractivity contribution in [2.45, 2.75) is 25.9 Å². The number of rotatable bonds is 8. The molecule has 0 aliphatic carbocycles. The number of nitrogens with one attached hydrogen (secondary N) is 2. The molecule has 0 bridgehead atoms. The maximum absolute atomic E-state index is 13.2. The first-order chi connectivity index (χ1) is 16.8. The van der Waals surface area contributed by atoms with Gasteiger partial charge < -0.3 is 15.2 Å². The lowest BCUT2D eigenvalue weighted by molar-refractivity contribution is -0.136. The second-order valence-corrected chi connectivity index (χ2v) is 9.03. The highest BCUT2D eigenvalue weighted by atomic mass is 32.1. The van der Waals surface area contributed by atoms with Crippen LogP contribution in [0.1, 0.15) is 39.3 Å². The zero-order valence-electron chi connectivity index (χ0n) is 19.0. The van der Waals surface area contributed by atoms with Crippen LogP contribution in [0.25, 0.3) is 10.2 Å². The van der Waals surface area contributed by atoms with E-state index in [1.54, 1.807) is 38.3 Å². The van der Waals surface area contributed by atoms with Gasteiger partial charge in [0.1, 0.15) is 10.6 Å². The molecule has 0 radical (unpaired) electrons. The second-order valence-electron chi connectivity index (χ2n) is 7.98. The van der Waals surface area contributed by atoms with E-state index in [0.29, 0.717) is 26.6 Å². The first-order valence-corrected chi connectivity index (χ1v) is 11.6. The summed E-state index contributed by atoms with van der Waals surface area (Å²) >= 11 is 1.04. The van der Waals surface area contributed by atoms with Gasteiger partial charge >= 0.3 is 11.7 Å². The first kappa shape index (κ1) is 24.0. The average Bonchev–Trinajstić information content (AvgIpc) is 3.27. The van der Waals surface area contributed by atoms with Gasteiger partial charge in [-0.25, -0.2) is 4.79 Å². The number of carboxylic acids is 1. The summed E-state index contributed by atoms with van der Waals surface area (Å²) in [5.74, 6) is -0.616. The van der Waals surface area contributed by atoms with E-state index in [2.05, 4.69) is 10.3 Å². The second kappa shape index (κ2) is 9.98. The van der Waals surface area contributed by atoms with Crippen LogP contribution in [0.4, 0.5) is 0 Å². The number of aliphatic carboxylic acids is 1. The fraction of sp³-hybridized carbons (Fsp3) is 0.200. The lowest BCUT2D eigenvalue weighted by Crippen LogP contribution is -2.37. The zero-order chi connectivity index (χ0) is 25.1. The van der Waals surface area contributed by atoms with Crippen LogP contribution in [-0.2, 0) is 17.8 Å². The summed E-state index contributed by atoms with van der Waals surface area (Å²) in [6.07, 6.45) is -0.112. The van der Waals surface area contributed by atoms with E-state index < -0.39 is 23.3 Å². The minimum absolute atomic E-state index is 0.112. The number of amides is 1. The molecule has 4 rings (SSSR count). The lowest BCUT2D eigenvalue weighted by Gasteiger charge is -2.15. The Balaban J connectivity index is 1.58. The number of carboxylic acid groups (broad SMARTS) is 1. The minimum atomic E-state index is -0.940. The van der Waals surface area contributed by atoms with E-state index in [-0.39, 0.29) is 24.3 Å². The first-order valence-electron chi connectivity index (χ1n) is 10.8. The van der Waals surface area contributed by atoms with Crippen LogP contribution in [0.2, 0.25) is 0 Å². The van der Waals surface area contributed by atoms with Gasteiger partial charge in [0, 0.05) is 6.54 Å². The number of fused-ring (bicyclic) bond motifs is 1. The summed E-state index contributed by atoms with van der Waals surface area (Å²) in [6, 6.07) is 14.9. The highest BCUT2D eigenvalue weighted by molar-refractivity contribution is 7.20. The number of hydrogen-bond acceptors (Lipinski definition) is 6. The Morgan fingerprint density at radius 1 is 1.11 bits per heavy atom. The minimum Gasteiger partial charge on any atom is -0.497 e. The molecular formula is C25H23N3O6S. The SMILES string of the molecule is COc1cccc(CNC(=O)c2cc3c(=O)n(C(C)c4ccc(CC(=O)O)cc4)c(=O)[nH]c3s2)c1. The third kappa shape index (κ3) is 5.17. The summed E-state index contributed by atoms with van der Waals surface area (Å²) in [7, 11) is 1.57. The summed E-state index contributed by atoms with van der Waals surface area (Å²) in [6.45, 7) is 1.99. The van der Waals surface area contributed by atoms with Gasteiger partial charge in [-0.1, -0.05) is 36.4 Å². The van der Waals surface area contributed by atoms with Crippen LogP contribution in [-0.4, -0.2) is 33.6 Å². The molecule has 2 aromatic heterocycles. The van der Waals surface area contributed by atoms with Gasteiger partial charge in [-0.05, 0) is 41.8 Å². The molecule has 1 amide bonds. The number of aromatic amines is 1. The number of carbonyl (C=O) groups excluding carboxylic acids is 1. The number of methoxy groups -OCH3 is 1. The van der Waals surface area contributed by atoms with Crippen molar-refractivity contribution in [3.63, 3.8) is 0 Å². The molecule has 4 aromatic rings. The Bertz CT molecular complexity index is 1520. The van der Waals surface area contributed by atoms with Crippen LogP contribution < -0.4 is 21.3 Å². The molecule has 0 spiro atoms. The molecule has 35 heavy (non-hydrogen) atoms. The summed E-state index contributed by atoms with van der Waals surface area (Å²) in [4.78, 5) is 52.9. The van der Waals surface area contributed by atoms with E-state index in [9.17, 15) is 19.2 Å². The van der Waals surface area contributed by atoms with Crippen molar-refractivity contribution >= 4 is 33.4 Å². The smallest absolute Gasteiger partial charge is 0.330 e. The monoisotopic (exact) mass is 493 g/mol. The summed E-state index contributed by atoms with van der Waals surface area (Å²) < 4.78 is 6.29. The van der Waals surface area contributed by atoms with Gasteiger partial charge in [0.05, 0.1) is 29.8 Å². The molecule has 9 nitrogen and oxygen atoms in total. The standard InChI is InChI=1S/C25H23N3O6S/c1-14(17-8-6-15(7-9-17)11-21(29)30)28-24(32)19-12-20(35-23(19)27-25(28)33)22(31)26-13-16-4-3-5-18(10-16)34-2/h3-10,12,14H,11,13H2,1-2H3,(H,26,31)(H,27,33)(H,29,30). The zero-order valence-corrected chi connectivity index (χ0v) is 19.8. The number of thiophene rings is 1. The third-order valence-corrected chi connectivity index (χ3v) is 6.69. The number of aromatic nitrogens is 2. The largest absolute Gasteiger partial charge is 0.497 e. The van der Waals surface area contributed by atoms with Crippen LogP contribution in [0.3, 0.4) is 0 Å². The number of nitrogens with zero attached hydrogens (tertiary/aromatic N) is 1. The molecule has 1 atom stereocenters. The topological polar surface area (TPSA) is 130 Å². The van der Waals surface area contributed by atoms with Crippen molar-refractivity contribution in [1.82, 2.24) is 14.9 Å². The maximum atomic E-state index is 13.2. The molecule has 0 aliphatic heterocycles. The Morgan fingerprint density at radius 3 is 2.54 bits per heavy atom. The molecule has 3 N–H and O–H groups in total. The third-order valence-electron chi connectivity index (χ3n) is 5.64. The molecule has 0 aliphatic rings. The highest BCUT2D eigenvalue weighted by Crippen LogP contribution is 2.22. The van der Waals surface area contributed by atoms with Crippen LogP contribution >= 0.6 is 11.3 Å². The Labute approximate surface area is 203 Å². The summed E-state index contributed by atoms with van der Waals surface area (Å²) in [5.41, 5.74) is 1.06. The maximum Gasteiger partial charge on any atom is 0.330 e. The average molecular weight is 494 g/mol. The number of hydrogen-bond donors (Lipinski definition) is 3. The fourth-order valence-electron chi connectivity index (χ4n) is 3.78. The number of ether oxygens (including phenoxy) is 1. The van der Waals surface area contributed by atoms with Gasteiger partial charge in [0.15, 0.2) is 0 Å². The van der Waals surface area contributed by atoms with Crippen molar-refractivity contribution in [1.29, 1.82) is 0 Å². The molecular weight excluding hydrogens is 470 g/mol. The molecule has 10 heteroatoms. The van der Waals surface area contributed by atoms with Crippen molar-refractivity contribution in [2.24, 2.45) is 0 Å². The number of carbonyl (C=O) groups is 2. The van der Waals surface area contributed by atoms with Gasteiger partial charge in [-0.15, -0.1) is 11.3 Å². The van der Waals surface area contributed by atoms with Gasteiger partial charge in [0.25, 0.3) is 11.5 Å². The van der Waals surface area contributed by atoms with Crippen molar-refractivity contribution in [2.75, 3.05) is 7.11 Å². The Hall–Kier alpha value is -4.18. The Kier molecular flexibility index (Phi) is 6.83. The lowest BCUT2D eigenvalue weighted by atomic mass is 10.0. The molecule has 0 fully saturated rings. The van der Waals surface area contributed by atoms with E-state index in [4.69, 9.17) is 9.84 Å².